The average molecular weight is 318 g/mol. The van der Waals surface area contributed by atoms with Gasteiger partial charge in [-0.1, -0.05) is 0 Å². The molecule has 0 saturated heterocycles. The van der Waals surface area contributed by atoms with Crippen LogP contribution in [0.4, 0.5) is 24.9 Å². The van der Waals surface area contributed by atoms with E-state index in [1.165, 1.54) is 16.2 Å². The first-order valence-electron chi connectivity index (χ1n) is 6.50. The highest BCUT2D eigenvalue weighted by molar-refractivity contribution is 7.18. The van der Waals surface area contributed by atoms with E-state index in [-0.39, 0.29) is 6.04 Å². The van der Waals surface area contributed by atoms with Gasteiger partial charge in [-0.3, -0.25) is 0 Å². The highest BCUT2D eigenvalue weighted by Crippen LogP contribution is 2.34. The third kappa shape index (κ3) is 3.55. The van der Waals surface area contributed by atoms with E-state index in [0.717, 1.165) is 4.88 Å². The summed E-state index contributed by atoms with van der Waals surface area (Å²) in [5, 5.41) is 3.46. The maximum absolute atomic E-state index is 12.8. The summed E-state index contributed by atoms with van der Waals surface area (Å²) in [7, 11) is 1.65. The van der Waals surface area contributed by atoms with Crippen LogP contribution >= 0.6 is 11.3 Å². The summed E-state index contributed by atoms with van der Waals surface area (Å²) in [6.07, 6.45) is -4.29. The van der Waals surface area contributed by atoms with E-state index in [1.54, 1.807) is 20.9 Å². The quantitative estimate of drug-likeness (QED) is 0.930. The smallest absolute Gasteiger partial charge is 0.357 e. The highest BCUT2D eigenvalue weighted by atomic mass is 32.1. The molecule has 0 unspecified atom stereocenters. The summed E-state index contributed by atoms with van der Waals surface area (Å²) in [6, 6.07) is 1.51. The molecule has 0 atom stereocenters. The van der Waals surface area contributed by atoms with Gasteiger partial charge in [0.1, 0.15) is 17.2 Å². The minimum absolute atomic E-state index is 0.320. The van der Waals surface area contributed by atoms with Crippen molar-refractivity contribution in [2.75, 3.05) is 23.8 Å². The molecule has 8 heteroatoms. The number of halogens is 3. The van der Waals surface area contributed by atoms with Crippen molar-refractivity contribution in [3.05, 3.63) is 10.9 Å². The number of rotatable bonds is 4. The normalized spacial score (nSPS) is 12.2. The number of nitrogens with one attached hydrogen (secondary N) is 1. The van der Waals surface area contributed by atoms with Crippen LogP contribution in [-0.2, 0) is 0 Å². The molecule has 1 N–H and O–H groups in total. The molecule has 116 valence electrons. The number of fused-ring (bicyclic) bond motifs is 1. The Bertz CT molecular complexity index is 636. The molecule has 2 aromatic heterocycles. The molecule has 2 rings (SSSR count). The minimum Gasteiger partial charge on any atom is -0.357 e. The number of alkyl halides is 3. The van der Waals surface area contributed by atoms with Gasteiger partial charge in [0, 0.05) is 18.0 Å². The number of thiophene rings is 1. The summed E-state index contributed by atoms with van der Waals surface area (Å²) in [6.45, 7) is 4.31. The summed E-state index contributed by atoms with van der Waals surface area (Å²) in [4.78, 5) is 11.5. The number of aryl methyl sites for hydroxylation is 1. The Morgan fingerprint density at radius 3 is 2.52 bits per heavy atom. The van der Waals surface area contributed by atoms with E-state index in [4.69, 9.17) is 0 Å². The molecule has 0 amide bonds. The Kier molecular flexibility index (Phi) is 4.27. The van der Waals surface area contributed by atoms with Crippen molar-refractivity contribution in [3.8, 4) is 0 Å². The van der Waals surface area contributed by atoms with Gasteiger partial charge in [0.2, 0.25) is 5.95 Å². The van der Waals surface area contributed by atoms with Crippen molar-refractivity contribution in [1.29, 1.82) is 0 Å². The first-order chi connectivity index (χ1) is 9.71. The van der Waals surface area contributed by atoms with Crippen LogP contribution in [0.3, 0.4) is 0 Å². The number of nitrogens with zero attached hydrogens (tertiary/aromatic N) is 3. The molecule has 0 aliphatic heterocycles. The Balaban J connectivity index is 2.60. The van der Waals surface area contributed by atoms with Gasteiger partial charge in [0.15, 0.2) is 0 Å². The standard InChI is InChI=1S/C13H17F3N4S/c1-7(2)20(6-13(14,15)16)10-9-5-8(3)21-11(9)19-12(17-4)18-10/h5,7H,6H2,1-4H3,(H,17,18,19). The second kappa shape index (κ2) is 5.67. The van der Waals surface area contributed by atoms with Crippen LogP contribution in [0.25, 0.3) is 10.2 Å². The van der Waals surface area contributed by atoms with Crippen molar-refractivity contribution >= 4 is 33.3 Å². The van der Waals surface area contributed by atoms with Gasteiger partial charge < -0.3 is 10.2 Å². The largest absolute Gasteiger partial charge is 0.405 e. The van der Waals surface area contributed by atoms with Gasteiger partial charge in [-0.15, -0.1) is 11.3 Å². The van der Waals surface area contributed by atoms with Crippen molar-refractivity contribution in [2.45, 2.75) is 33.0 Å². The Morgan fingerprint density at radius 2 is 2.00 bits per heavy atom. The molecule has 2 aromatic rings. The first-order valence-corrected chi connectivity index (χ1v) is 7.32. The molecule has 4 nitrogen and oxygen atoms in total. The van der Waals surface area contributed by atoms with Crippen LogP contribution in [0.5, 0.6) is 0 Å². The number of hydrogen-bond acceptors (Lipinski definition) is 5. The summed E-state index contributed by atoms with van der Waals surface area (Å²) >= 11 is 1.44. The highest BCUT2D eigenvalue weighted by Gasteiger charge is 2.33. The lowest BCUT2D eigenvalue weighted by molar-refractivity contribution is -0.120. The predicted molar refractivity (Wildman–Crippen MR) is 80.2 cm³/mol. The van der Waals surface area contributed by atoms with Crippen molar-refractivity contribution < 1.29 is 13.2 Å². The van der Waals surface area contributed by atoms with Gasteiger partial charge in [0.05, 0.1) is 5.39 Å². The van der Waals surface area contributed by atoms with Gasteiger partial charge >= 0.3 is 6.18 Å². The fraction of sp³-hybridized carbons (Fsp3) is 0.538. The molecule has 0 aliphatic carbocycles. The molecule has 0 radical (unpaired) electrons. The molecule has 2 heterocycles. The van der Waals surface area contributed by atoms with Crippen LogP contribution in [0.15, 0.2) is 6.07 Å². The maximum Gasteiger partial charge on any atom is 0.405 e. The number of aromatic nitrogens is 2. The first kappa shape index (κ1) is 15.8. The zero-order valence-electron chi connectivity index (χ0n) is 12.2. The minimum atomic E-state index is -4.29. The zero-order chi connectivity index (χ0) is 15.8. The van der Waals surface area contributed by atoms with Crippen LogP contribution in [-0.4, -0.2) is 35.8 Å². The van der Waals surface area contributed by atoms with Crippen LogP contribution in [0, 0.1) is 6.92 Å². The monoisotopic (exact) mass is 318 g/mol. The van der Waals surface area contributed by atoms with E-state index in [9.17, 15) is 13.2 Å². The predicted octanol–water partition coefficient (Wildman–Crippen LogP) is 3.82. The van der Waals surface area contributed by atoms with Gasteiger partial charge in [-0.05, 0) is 26.8 Å². The lowest BCUT2D eigenvalue weighted by Crippen LogP contribution is -2.39. The summed E-state index contributed by atoms with van der Waals surface area (Å²) < 4.78 is 38.5. The van der Waals surface area contributed by atoms with Crippen LogP contribution in [0.2, 0.25) is 0 Å². The third-order valence-corrected chi connectivity index (χ3v) is 3.91. The lowest BCUT2D eigenvalue weighted by Gasteiger charge is -2.29. The summed E-state index contributed by atoms with van der Waals surface area (Å²) in [5.41, 5.74) is 0. The second-order valence-corrected chi connectivity index (χ2v) is 6.27. The molecule has 0 bridgehead atoms. The van der Waals surface area contributed by atoms with E-state index in [2.05, 4.69) is 15.3 Å². The van der Waals surface area contributed by atoms with Crippen LogP contribution in [0.1, 0.15) is 18.7 Å². The Morgan fingerprint density at radius 1 is 1.33 bits per heavy atom. The Hall–Kier alpha value is -1.57. The SMILES string of the molecule is CNc1nc(N(CC(F)(F)F)C(C)C)c2cc(C)sc2n1. The molecule has 0 fully saturated rings. The second-order valence-electron chi connectivity index (χ2n) is 5.03. The van der Waals surface area contributed by atoms with Gasteiger partial charge in [-0.25, -0.2) is 4.98 Å². The van der Waals surface area contributed by atoms with Gasteiger partial charge in [0.25, 0.3) is 0 Å². The zero-order valence-corrected chi connectivity index (χ0v) is 13.1. The molecular weight excluding hydrogens is 301 g/mol. The number of hydrogen-bond donors (Lipinski definition) is 1. The fourth-order valence-corrected chi connectivity index (χ4v) is 2.93. The van der Waals surface area contributed by atoms with Crippen molar-refractivity contribution in [1.82, 2.24) is 9.97 Å². The molecular formula is C13H17F3N4S. The van der Waals surface area contributed by atoms with E-state index in [0.29, 0.717) is 22.0 Å². The Labute approximate surface area is 125 Å². The molecule has 0 saturated carbocycles. The molecule has 0 spiro atoms. The molecule has 0 aliphatic rings. The van der Waals surface area contributed by atoms with Crippen LogP contribution < -0.4 is 10.2 Å². The van der Waals surface area contributed by atoms with Gasteiger partial charge in [-0.2, -0.15) is 18.2 Å². The van der Waals surface area contributed by atoms with E-state index < -0.39 is 12.7 Å². The molecule has 21 heavy (non-hydrogen) atoms. The number of anilines is 2. The van der Waals surface area contributed by atoms with Crippen molar-refractivity contribution in [3.63, 3.8) is 0 Å². The maximum atomic E-state index is 12.8. The van der Waals surface area contributed by atoms with E-state index >= 15 is 0 Å². The topological polar surface area (TPSA) is 41.1 Å². The van der Waals surface area contributed by atoms with E-state index in [1.807, 2.05) is 13.0 Å². The lowest BCUT2D eigenvalue weighted by atomic mass is 10.2. The fourth-order valence-electron chi connectivity index (χ4n) is 2.05. The third-order valence-electron chi connectivity index (χ3n) is 2.96. The van der Waals surface area contributed by atoms with Crippen molar-refractivity contribution in [2.24, 2.45) is 0 Å². The average Bonchev–Trinajstić information content (AvgIpc) is 2.73. The summed E-state index contributed by atoms with van der Waals surface area (Å²) in [5.74, 6) is 0.646. The molecule has 0 aromatic carbocycles.